The lowest BCUT2D eigenvalue weighted by molar-refractivity contribution is -0.143. The van der Waals surface area contributed by atoms with Gasteiger partial charge in [-0.3, -0.25) is 9.59 Å². The number of carboxylic acids is 2. The molecular weight excluding hydrogens is 222 g/mol. The van der Waals surface area contributed by atoms with Crippen LogP contribution < -0.4 is 5.73 Å². The molecule has 5 nitrogen and oxygen atoms in total. The van der Waals surface area contributed by atoms with E-state index in [1.54, 1.807) is 0 Å². The van der Waals surface area contributed by atoms with Gasteiger partial charge in [0.1, 0.15) is 6.04 Å². The fourth-order valence-corrected chi connectivity index (χ4v) is 1.58. The Kier molecular flexibility index (Phi) is 4.66. The highest BCUT2D eigenvalue weighted by molar-refractivity contribution is 5.76. The fraction of sp³-hybridized carbons (Fsp3) is 0.333. The summed E-state index contributed by atoms with van der Waals surface area (Å²) in [6.45, 7) is 0. The number of aliphatic carboxylic acids is 2. The fourth-order valence-electron chi connectivity index (χ4n) is 1.58. The molecule has 1 aromatic rings. The van der Waals surface area contributed by atoms with E-state index >= 15 is 0 Å². The molecule has 2 atom stereocenters. The molecule has 0 saturated carbocycles. The van der Waals surface area contributed by atoms with Crippen LogP contribution in [0.15, 0.2) is 30.3 Å². The minimum absolute atomic E-state index is 0.0699. The van der Waals surface area contributed by atoms with E-state index < -0.39 is 23.9 Å². The van der Waals surface area contributed by atoms with Crippen LogP contribution in [-0.4, -0.2) is 28.2 Å². The molecule has 92 valence electrons. The van der Waals surface area contributed by atoms with Gasteiger partial charge >= 0.3 is 11.9 Å². The van der Waals surface area contributed by atoms with Crippen molar-refractivity contribution in [1.82, 2.24) is 0 Å². The summed E-state index contributed by atoms with van der Waals surface area (Å²) in [5.74, 6) is -2.97. The summed E-state index contributed by atoms with van der Waals surface area (Å²) in [5, 5.41) is 17.7. The molecule has 17 heavy (non-hydrogen) atoms. The first-order valence-electron chi connectivity index (χ1n) is 5.26. The molecule has 4 N–H and O–H groups in total. The summed E-state index contributed by atoms with van der Waals surface area (Å²) in [4.78, 5) is 21.6. The largest absolute Gasteiger partial charge is 0.481 e. The van der Waals surface area contributed by atoms with Crippen molar-refractivity contribution in [3.8, 4) is 0 Å². The van der Waals surface area contributed by atoms with E-state index in [9.17, 15) is 9.59 Å². The molecule has 0 amide bonds. The number of nitrogens with two attached hydrogens (primary N) is 1. The monoisotopic (exact) mass is 237 g/mol. The third-order valence-corrected chi connectivity index (χ3v) is 2.53. The predicted molar refractivity (Wildman–Crippen MR) is 61.5 cm³/mol. The lowest BCUT2D eigenvalue weighted by Gasteiger charge is -2.14. The maximum Gasteiger partial charge on any atom is 0.320 e. The predicted octanol–water partition coefficient (Wildman–Crippen LogP) is 0.732. The van der Waals surface area contributed by atoms with Gasteiger partial charge in [0.2, 0.25) is 0 Å². The number of carbonyl (C=O) groups is 2. The van der Waals surface area contributed by atoms with Gasteiger partial charge in [0.15, 0.2) is 0 Å². The van der Waals surface area contributed by atoms with Crippen LogP contribution in [0.25, 0.3) is 0 Å². The second-order valence-corrected chi connectivity index (χ2v) is 3.91. The Morgan fingerprint density at radius 2 is 1.71 bits per heavy atom. The third-order valence-electron chi connectivity index (χ3n) is 2.53. The maximum absolute atomic E-state index is 11.0. The minimum atomic E-state index is -1.18. The Balaban J connectivity index is 2.67. The summed E-state index contributed by atoms with van der Waals surface area (Å²) < 4.78 is 0. The molecule has 0 saturated heterocycles. The van der Waals surface area contributed by atoms with Gasteiger partial charge in [-0.15, -0.1) is 0 Å². The van der Waals surface area contributed by atoms with Crippen LogP contribution in [0.3, 0.4) is 0 Å². The Hall–Kier alpha value is -1.88. The Morgan fingerprint density at radius 3 is 2.18 bits per heavy atom. The zero-order valence-corrected chi connectivity index (χ0v) is 9.24. The molecule has 5 heteroatoms. The second kappa shape index (κ2) is 6.00. The zero-order valence-electron chi connectivity index (χ0n) is 9.24. The van der Waals surface area contributed by atoms with Crippen LogP contribution in [0.2, 0.25) is 0 Å². The molecule has 1 rings (SSSR count). The van der Waals surface area contributed by atoms with Gasteiger partial charge in [-0.2, -0.15) is 0 Å². The number of hydrogen-bond acceptors (Lipinski definition) is 3. The Morgan fingerprint density at radius 1 is 1.12 bits per heavy atom. The zero-order chi connectivity index (χ0) is 12.8. The van der Waals surface area contributed by atoms with Gasteiger partial charge in [-0.1, -0.05) is 30.3 Å². The van der Waals surface area contributed by atoms with Crippen LogP contribution in [0, 0.1) is 5.92 Å². The van der Waals surface area contributed by atoms with Gasteiger partial charge in [0.25, 0.3) is 0 Å². The molecule has 1 aromatic carbocycles. The van der Waals surface area contributed by atoms with E-state index in [2.05, 4.69) is 0 Å². The number of rotatable bonds is 6. The van der Waals surface area contributed by atoms with Crippen LogP contribution in [0.4, 0.5) is 0 Å². The molecule has 0 spiro atoms. The maximum atomic E-state index is 11.0. The van der Waals surface area contributed by atoms with Crippen molar-refractivity contribution >= 4 is 11.9 Å². The lowest BCUT2D eigenvalue weighted by Crippen LogP contribution is -2.35. The summed E-state index contributed by atoms with van der Waals surface area (Å²) in [6, 6.07) is 7.93. The summed E-state index contributed by atoms with van der Waals surface area (Å²) in [5.41, 5.74) is 6.20. The van der Waals surface area contributed by atoms with Gasteiger partial charge in [-0.05, 0) is 18.4 Å². The highest BCUT2D eigenvalue weighted by Gasteiger charge is 2.24. The molecule has 0 bridgehead atoms. The van der Waals surface area contributed by atoms with Gasteiger partial charge in [0, 0.05) is 0 Å². The Bertz CT molecular complexity index is 391. The average molecular weight is 237 g/mol. The third kappa shape index (κ3) is 4.24. The van der Waals surface area contributed by atoms with E-state index in [4.69, 9.17) is 15.9 Å². The lowest BCUT2D eigenvalue weighted by atomic mass is 9.93. The van der Waals surface area contributed by atoms with E-state index in [1.165, 1.54) is 0 Å². The normalized spacial score (nSPS) is 13.9. The van der Waals surface area contributed by atoms with Gasteiger partial charge in [0.05, 0.1) is 5.92 Å². The molecule has 0 aliphatic rings. The van der Waals surface area contributed by atoms with Crippen molar-refractivity contribution in [1.29, 1.82) is 0 Å². The Labute approximate surface area is 98.9 Å². The first-order chi connectivity index (χ1) is 8.00. The molecule has 0 unspecified atom stereocenters. The SMILES string of the molecule is N[C@H](C[C@H](Cc1ccccc1)C(=O)O)C(=O)O. The van der Waals surface area contributed by atoms with Crippen molar-refractivity contribution in [3.05, 3.63) is 35.9 Å². The standard InChI is InChI=1S/C12H15NO4/c13-10(12(16)17)7-9(11(14)15)6-8-4-2-1-3-5-8/h1-5,9-10H,6-7,13H2,(H,14,15)(H,16,17)/t9-,10+/m0/s1. The first kappa shape index (κ1) is 13.2. The molecule has 0 heterocycles. The summed E-state index contributed by atoms with van der Waals surface area (Å²) in [6.07, 6.45) is 0.219. The molecular formula is C12H15NO4. The van der Waals surface area contributed by atoms with E-state index in [1.807, 2.05) is 30.3 Å². The second-order valence-electron chi connectivity index (χ2n) is 3.91. The smallest absolute Gasteiger partial charge is 0.320 e. The summed E-state index contributed by atoms with van der Waals surface area (Å²) >= 11 is 0. The molecule has 0 radical (unpaired) electrons. The molecule has 0 aliphatic carbocycles. The van der Waals surface area contributed by atoms with Crippen LogP contribution in [0.5, 0.6) is 0 Å². The van der Waals surface area contributed by atoms with E-state index in [0.717, 1.165) is 5.56 Å². The van der Waals surface area contributed by atoms with Crippen molar-refractivity contribution in [2.45, 2.75) is 18.9 Å². The molecule has 0 fully saturated rings. The van der Waals surface area contributed by atoms with Crippen LogP contribution in [0.1, 0.15) is 12.0 Å². The van der Waals surface area contributed by atoms with Crippen molar-refractivity contribution < 1.29 is 19.8 Å². The molecule has 0 aliphatic heterocycles. The average Bonchev–Trinajstić information content (AvgIpc) is 2.29. The number of carboxylic acid groups (broad SMARTS) is 2. The summed E-state index contributed by atoms with van der Waals surface area (Å²) in [7, 11) is 0. The van der Waals surface area contributed by atoms with Crippen LogP contribution in [-0.2, 0) is 16.0 Å². The van der Waals surface area contributed by atoms with Crippen molar-refractivity contribution in [2.75, 3.05) is 0 Å². The highest BCUT2D eigenvalue weighted by Crippen LogP contribution is 2.14. The number of hydrogen-bond donors (Lipinski definition) is 3. The highest BCUT2D eigenvalue weighted by atomic mass is 16.4. The van der Waals surface area contributed by atoms with Crippen molar-refractivity contribution in [2.24, 2.45) is 11.7 Å². The first-order valence-corrected chi connectivity index (χ1v) is 5.26. The van der Waals surface area contributed by atoms with Gasteiger partial charge in [-0.25, -0.2) is 0 Å². The quantitative estimate of drug-likeness (QED) is 0.677. The van der Waals surface area contributed by atoms with Crippen LogP contribution >= 0.6 is 0 Å². The number of benzene rings is 1. The minimum Gasteiger partial charge on any atom is -0.481 e. The van der Waals surface area contributed by atoms with E-state index in [-0.39, 0.29) is 12.8 Å². The topological polar surface area (TPSA) is 101 Å². The molecule has 0 aromatic heterocycles. The van der Waals surface area contributed by atoms with E-state index in [0.29, 0.717) is 0 Å². The van der Waals surface area contributed by atoms with Crippen molar-refractivity contribution in [3.63, 3.8) is 0 Å². The van der Waals surface area contributed by atoms with Gasteiger partial charge < -0.3 is 15.9 Å².